The molecule has 0 aliphatic rings. The first-order valence-corrected chi connectivity index (χ1v) is 12.9. The van der Waals surface area contributed by atoms with Crippen LogP contribution in [0, 0.1) is 5.92 Å². The molecule has 16 heteroatoms. The van der Waals surface area contributed by atoms with E-state index in [0.717, 1.165) is 13.5 Å². The van der Waals surface area contributed by atoms with Crippen LogP contribution in [0.2, 0.25) is 0 Å². The van der Waals surface area contributed by atoms with E-state index in [-0.39, 0.29) is 64.7 Å². The molecular weight excluding hydrogens is 476 g/mol. The van der Waals surface area contributed by atoms with Crippen LogP contribution in [-0.4, -0.2) is 87.3 Å². The maximum absolute atomic E-state index is 11.8. The van der Waals surface area contributed by atoms with Gasteiger partial charge < -0.3 is 29.7 Å². The standard InChI is InChI=1S/C16H35NO13P2/c1-15(19)17-6-4-3-5-16(13-18)14-29-31(20,21)27-11-9-25-7-8-26-10-12-28-32(22,23)30-24-2/h16,18H,3-14H2,1-2H3,(H,17,19)(H,20,21)(H,22,23). The number of nitrogens with one attached hydrogen (secondary N) is 1. The summed E-state index contributed by atoms with van der Waals surface area (Å²) in [6, 6.07) is 0. The normalized spacial score (nSPS) is 16.3. The average Bonchev–Trinajstić information content (AvgIpc) is 2.71. The molecule has 32 heavy (non-hydrogen) atoms. The minimum absolute atomic E-state index is 0.00781. The second kappa shape index (κ2) is 18.9. The molecule has 0 heterocycles. The topological polar surface area (TPSA) is 189 Å². The van der Waals surface area contributed by atoms with Crippen molar-refractivity contribution < 1.29 is 61.4 Å². The van der Waals surface area contributed by atoms with Gasteiger partial charge in [-0.3, -0.25) is 18.4 Å². The van der Waals surface area contributed by atoms with Crippen LogP contribution < -0.4 is 5.32 Å². The molecule has 0 aliphatic carbocycles. The quantitative estimate of drug-likeness (QED) is 0.0691. The maximum Gasteiger partial charge on any atom is 0.499 e. The first-order valence-electron chi connectivity index (χ1n) is 9.94. The lowest BCUT2D eigenvalue weighted by Crippen LogP contribution is -2.21. The Bertz CT molecular complexity index is 580. The summed E-state index contributed by atoms with van der Waals surface area (Å²) in [5.41, 5.74) is 0. The summed E-state index contributed by atoms with van der Waals surface area (Å²) in [4.78, 5) is 33.5. The fourth-order valence-corrected chi connectivity index (χ4v) is 3.46. The van der Waals surface area contributed by atoms with Crippen LogP contribution in [0.3, 0.4) is 0 Å². The number of ether oxygens (including phenoxy) is 2. The van der Waals surface area contributed by atoms with E-state index in [2.05, 4.69) is 19.4 Å². The lowest BCUT2D eigenvalue weighted by atomic mass is 10.0. The van der Waals surface area contributed by atoms with Gasteiger partial charge in [0.2, 0.25) is 5.91 Å². The smallest absolute Gasteiger partial charge is 0.396 e. The van der Waals surface area contributed by atoms with Crippen molar-refractivity contribution in [3.63, 3.8) is 0 Å². The summed E-state index contributed by atoms with van der Waals surface area (Å²) in [5, 5.41) is 12.0. The lowest BCUT2D eigenvalue weighted by molar-refractivity contribution is -0.198. The Morgan fingerprint density at radius 1 is 0.906 bits per heavy atom. The van der Waals surface area contributed by atoms with E-state index in [1.165, 1.54) is 6.92 Å². The van der Waals surface area contributed by atoms with Gasteiger partial charge in [-0.15, -0.1) is 4.67 Å². The Balaban J connectivity index is 3.71. The van der Waals surface area contributed by atoms with Gasteiger partial charge in [0.05, 0.1) is 53.4 Å². The molecule has 0 fully saturated rings. The molecule has 0 aromatic carbocycles. The van der Waals surface area contributed by atoms with Gasteiger partial charge in [0.1, 0.15) is 0 Å². The Morgan fingerprint density at radius 3 is 2.00 bits per heavy atom. The number of hydrogen-bond donors (Lipinski definition) is 4. The molecular formula is C16H35NO13P2. The number of aliphatic hydroxyl groups excluding tert-OH is 1. The molecule has 192 valence electrons. The summed E-state index contributed by atoms with van der Waals surface area (Å²) < 4.78 is 51.4. The maximum atomic E-state index is 11.8. The van der Waals surface area contributed by atoms with Crippen molar-refractivity contribution in [1.82, 2.24) is 5.32 Å². The summed E-state index contributed by atoms with van der Waals surface area (Å²) >= 11 is 0. The monoisotopic (exact) mass is 511 g/mol. The second-order valence-corrected chi connectivity index (χ2v) is 9.19. The predicted molar refractivity (Wildman–Crippen MR) is 110 cm³/mol. The Hall–Kier alpha value is -0.470. The van der Waals surface area contributed by atoms with Crippen molar-refractivity contribution in [2.45, 2.75) is 26.2 Å². The molecule has 14 nitrogen and oxygen atoms in total. The number of phosphoric acid groups is 2. The molecule has 0 radical (unpaired) electrons. The molecule has 0 aromatic rings. The van der Waals surface area contributed by atoms with Crippen LogP contribution in [0.5, 0.6) is 0 Å². The van der Waals surface area contributed by atoms with Gasteiger partial charge in [0.25, 0.3) is 0 Å². The van der Waals surface area contributed by atoms with Gasteiger partial charge in [-0.25, -0.2) is 14.0 Å². The van der Waals surface area contributed by atoms with E-state index in [4.69, 9.17) is 23.4 Å². The molecule has 3 unspecified atom stereocenters. The first-order chi connectivity index (χ1) is 15.1. The van der Waals surface area contributed by atoms with Gasteiger partial charge in [0.15, 0.2) is 0 Å². The lowest BCUT2D eigenvalue weighted by Gasteiger charge is -2.17. The molecule has 0 bridgehead atoms. The SMILES string of the molecule is COOP(=O)(O)OCCOCCOCCOP(=O)(O)OCC(CO)CCCCNC(C)=O. The van der Waals surface area contributed by atoms with Crippen LogP contribution in [-0.2, 0) is 46.5 Å². The Morgan fingerprint density at radius 2 is 1.47 bits per heavy atom. The zero-order valence-corrected chi connectivity index (χ0v) is 20.2. The predicted octanol–water partition coefficient (Wildman–Crippen LogP) is 0.763. The molecule has 0 rings (SSSR count). The van der Waals surface area contributed by atoms with Crippen molar-refractivity contribution in [2.75, 3.05) is 66.5 Å². The zero-order chi connectivity index (χ0) is 24.3. The highest BCUT2D eigenvalue weighted by Gasteiger charge is 2.23. The number of aliphatic hydroxyl groups is 1. The second-order valence-electron chi connectivity index (χ2n) is 6.39. The molecule has 0 aliphatic heterocycles. The van der Waals surface area contributed by atoms with Gasteiger partial charge in [-0.2, -0.15) is 0 Å². The summed E-state index contributed by atoms with van der Waals surface area (Å²) in [6.07, 6.45) is 2.01. The number of hydrogen-bond acceptors (Lipinski definition) is 11. The van der Waals surface area contributed by atoms with Crippen molar-refractivity contribution in [3.05, 3.63) is 0 Å². The van der Waals surface area contributed by atoms with Crippen LogP contribution in [0.15, 0.2) is 0 Å². The largest absolute Gasteiger partial charge is 0.499 e. The van der Waals surface area contributed by atoms with Gasteiger partial charge >= 0.3 is 15.6 Å². The van der Waals surface area contributed by atoms with Crippen molar-refractivity contribution in [2.24, 2.45) is 5.92 Å². The Kier molecular flexibility index (Phi) is 18.6. The molecule has 0 aromatic heterocycles. The number of carbonyl (C=O) groups excluding carboxylic acids is 1. The number of rotatable bonds is 22. The number of amides is 1. The minimum Gasteiger partial charge on any atom is -0.396 e. The number of unbranched alkanes of at least 4 members (excludes halogenated alkanes) is 1. The molecule has 0 saturated heterocycles. The zero-order valence-electron chi connectivity index (χ0n) is 18.4. The van der Waals surface area contributed by atoms with Crippen LogP contribution in [0.4, 0.5) is 0 Å². The molecule has 3 atom stereocenters. The molecule has 4 N–H and O–H groups in total. The summed E-state index contributed by atoms with van der Waals surface area (Å²) in [5.74, 6) is -0.435. The Labute approximate surface area is 187 Å². The third kappa shape index (κ3) is 20.2. The van der Waals surface area contributed by atoms with E-state index < -0.39 is 15.6 Å². The average molecular weight is 511 g/mol. The van der Waals surface area contributed by atoms with E-state index >= 15 is 0 Å². The molecule has 0 saturated carbocycles. The minimum atomic E-state index is -4.28. The van der Waals surface area contributed by atoms with Crippen LogP contribution in [0.1, 0.15) is 26.2 Å². The fraction of sp³-hybridized carbons (Fsp3) is 0.938. The molecule has 1 amide bonds. The summed E-state index contributed by atoms with van der Waals surface area (Å²) in [7, 11) is -7.46. The van der Waals surface area contributed by atoms with Crippen molar-refractivity contribution in [3.8, 4) is 0 Å². The van der Waals surface area contributed by atoms with E-state index in [9.17, 15) is 23.9 Å². The van der Waals surface area contributed by atoms with Crippen LogP contribution >= 0.6 is 15.6 Å². The highest BCUT2D eigenvalue weighted by molar-refractivity contribution is 7.47. The van der Waals surface area contributed by atoms with Crippen LogP contribution in [0.25, 0.3) is 0 Å². The van der Waals surface area contributed by atoms with Crippen molar-refractivity contribution >= 4 is 21.6 Å². The van der Waals surface area contributed by atoms with E-state index in [1.54, 1.807) is 0 Å². The highest BCUT2D eigenvalue weighted by atomic mass is 31.2. The number of phosphoric ester groups is 2. The van der Waals surface area contributed by atoms with E-state index in [0.29, 0.717) is 19.4 Å². The van der Waals surface area contributed by atoms with Gasteiger partial charge in [0, 0.05) is 26.0 Å². The highest BCUT2D eigenvalue weighted by Crippen LogP contribution is 2.43. The molecule has 0 spiro atoms. The third-order valence-corrected chi connectivity index (χ3v) is 5.48. The number of carbonyl (C=O) groups is 1. The van der Waals surface area contributed by atoms with Crippen molar-refractivity contribution in [1.29, 1.82) is 0 Å². The van der Waals surface area contributed by atoms with Gasteiger partial charge in [-0.1, -0.05) is 6.42 Å². The fourth-order valence-electron chi connectivity index (χ4n) is 2.15. The first kappa shape index (κ1) is 31.5. The summed E-state index contributed by atoms with van der Waals surface area (Å²) in [6.45, 7) is 1.54. The van der Waals surface area contributed by atoms with E-state index in [1.807, 2.05) is 0 Å². The third-order valence-electron chi connectivity index (χ3n) is 3.65. The van der Waals surface area contributed by atoms with Gasteiger partial charge in [-0.05, 0) is 12.8 Å².